The molecule has 0 bridgehead atoms. The van der Waals surface area contributed by atoms with E-state index in [0.717, 1.165) is 83.4 Å². The lowest BCUT2D eigenvalue weighted by Gasteiger charge is -2.30. The highest BCUT2D eigenvalue weighted by atomic mass is 16.3. The van der Waals surface area contributed by atoms with E-state index >= 15 is 0 Å². The molecule has 5 heteroatoms. The number of nitrogens with zero attached hydrogens (tertiary/aromatic N) is 3. The van der Waals surface area contributed by atoms with E-state index in [4.69, 9.17) is 8.83 Å². The van der Waals surface area contributed by atoms with Crippen molar-refractivity contribution in [2.75, 3.05) is 4.90 Å². The van der Waals surface area contributed by atoms with Crippen LogP contribution in [0, 0.1) is 0 Å². The van der Waals surface area contributed by atoms with Gasteiger partial charge in [0, 0.05) is 79.4 Å². The molecule has 0 radical (unpaired) electrons. The minimum atomic E-state index is 0.898. The van der Waals surface area contributed by atoms with Crippen LogP contribution in [0.2, 0.25) is 0 Å². The van der Waals surface area contributed by atoms with Gasteiger partial charge in [-0.15, -0.1) is 0 Å². The summed E-state index contributed by atoms with van der Waals surface area (Å²) >= 11 is 0. The van der Waals surface area contributed by atoms with Gasteiger partial charge in [0.2, 0.25) is 0 Å². The molecule has 0 N–H and O–H groups in total. The molecule has 49 heavy (non-hydrogen) atoms. The third kappa shape index (κ3) is 3.39. The van der Waals surface area contributed by atoms with Gasteiger partial charge in [0.05, 0.1) is 16.7 Å². The molecule has 0 atom stereocenters. The van der Waals surface area contributed by atoms with Crippen molar-refractivity contribution in [1.29, 1.82) is 0 Å². The van der Waals surface area contributed by atoms with Crippen molar-refractivity contribution in [3.63, 3.8) is 0 Å². The fraction of sp³-hybridized carbons (Fsp3) is 0.136. The summed E-state index contributed by atoms with van der Waals surface area (Å²) in [5.74, 6) is 2.13. The summed E-state index contributed by atoms with van der Waals surface area (Å²) in [5, 5.41) is 6.23. The zero-order valence-electron chi connectivity index (χ0n) is 26.9. The molecule has 0 spiro atoms. The molecule has 3 aliphatic carbocycles. The van der Waals surface area contributed by atoms with Crippen molar-refractivity contribution >= 4 is 84.4 Å². The molecular weight excluding hydrogens is 603 g/mol. The standard InChI is InChI=1S/C44H31N3O2/c1-4-12-35-33(11-1)43-34-22-19-26(23-38(34)47-37-14-6-5-13-36(37)46(35)44(43)47)45(27-17-20-31-29-9-2-7-15-39(29)48-41(31)24-27)28-18-21-32-30-10-3-8-16-40(30)49-42(32)25-28/h1-4,6-7,9-12,14-15,17,19-20,22-25H,5,8,13,16,18,21H2. The number of anilines is 2. The average Bonchev–Trinajstić information content (AvgIpc) is 3.94. The van der Waals surface area contributed by atoms with E-state index in [1.54, 1.807) is 0 Å². The molecule has 5 heterocycles. The summed E-state index contributed by atoms with van der Waals surface area (Å²) in [6.45, 7) is 0. The van der Waals surface area contributed by atoms with E-state index in [2.05, 4.69) is 123 Å². The lowest BCUT2D eigenvalue weighted by atomic mass is 9.93. The normalized spacial score (nSPS) is 15.6. The summed E-state index contributed by atoms with van der Waals surface area (Å²) in [6.07, 6.45) is 17.5. The predicted octanol–water partition coefficient (Wildman–Crippen LogP) is 11.5. The first-order chi connectivity index (χ1) is 24.3. The van der Waals surface area contributed by atoms with Gasteiger partial charge in [0.25, 0.3) is 0 Å². The van der Waals surface area contributed by atoms with Crippen molar-refractivity contribution in [3.05, 3.63) is 137 Å². The number of hydrogen-bond donors (Lipinski definition) is 0. The third-order valence-electron chi connectivity index (χ3n) is 11.3. The fourth-order valence-corrected chi connectivity index (χ4v) is 9.17. The monoisotopic (exact) mass is 633 g/mol. The van der Waals surface area contributed by atoms with Crippen LogP contribution in [-0.2, 0) is 19.3 Å². The van der Waals surface area contributed by atoms with Gasteiger partial charge in [-0.05, 0) is 74.6 Å². The number of fused-ring (bicyclic) bond motifs is 15. The van der Waals surface area contributed by atoms with Crippen LogP contribution in [0.25, 0.3) is 73.0 Å². The number of hydrogen-bond acceptors (Lipinski definition) is 3. The molecule has 5 aromatic heterocycles. The van der Waals surface area contributed by atoms with Crippen LogP contribution in [0.3, 0.4) is 0 Å². The van der Waals surface area contributed by atoms with Crippen LogP contribution < -0.4 is 4.90 Å². The Bertz CT molecular complexity index is 2950. The van der Waals surface area contributed by atoms with Gasteiger partial charge >= 0.3 is 0 Å². The maximum Gasteiger partial charge on any atom is 0.137 e. The van der Waals surface area contributed by atoms with Gasteiger partial charge in [-0.3, -0.25) is 8.80 Å². The molecule has 0 amide bonds. The molecular formula is C44H31N3O2. The molecule has 4 aromatic carbocycles. The van der Waals surface area contributed by atoms with Crippen molar-refractivity contribution in [1.82, 2.24) is 8.80 Å². The van der Waals surface area contributed by atoms with Gasteiger partial charge in [-0.1, -0.05) is 60.7 Å². The van der Waals surface area contributed by atoms with Crippen molar-refractivity contribution in [2.45, 2.75) is 38.5 Å². The molecule has 12 rings (SSSR count). The molecule has 0 fully saturated rings. The third-order valence-corrected chi connectivity index (χ3v) is 11.3. The zero-order valence-corrected chi connectivity index (χ0v) is 26.9. The SMILES string of the molecule is C1=Cc2c(oc3c2CCC(N(c2ccc4c(c2)oc2ccccc24)c2ccc4c5c6ccccc6n6c7c(n(c4c2)c56)C=CCC7)=C3)CC1. The molecule has 0 saturated carbocycles. The molecule has 0 saturated heterocycles. The van der Waals surface area contributed by atoms with E-state index < -0.39 is 0 Å². The second-order valence-electron chi connectivity index (χ2n) is 13.8. The average molecular weight is 634 g/mol. The van der Waals surface area contributed by atoms with Crippen LogP contribution in [-0.4, -0.2) is 8.80 Å². The number of aryl methyl sites for hydroxylation is 2. The van der Waals surface area contributed by atoms with Crippen molar-refractivity contribution in [3.8, 4) is 0 Å². The minimum absolute atomic E-state index is 0.898. The molecule has 3 aliphatic rings. The quantitative estimate of drug-likeness (QED) is 0.194. The van der Waals surface area contributed by atoms with Gasteiger partial charge in [-0.2, -0.15) is 0 Å². The van der Waals surface area contributed by atoms with E-state index in [-0.39, 0.29) is 0 Å². The lowest BCUT2D eigenvalue weighted by molar-refractivity contribution is 0.495. The Balaban J connectivity index is 1.12. The molecule has 0 unspecified atom stereocenters. The maximum atomic E-state index is 6.54. The number of rotatable bonds is 3. The maximum absolute atomic E-state index is 6.54. The number of furan rings is 2. The van der Waals surface area contributed by atoms with E-state index in [9.17, 15) is 0 Å². The summed E-state index contributed by atoms with van der Waals surface area (Å²) in [7, 11) is 0. The second-order valence-corrected chi connectivity index (χ2v) is 13.8. The zero-order chi connectivity index (χ0) is 31.8. The first kappa shape index (κ1) is 26.1. The van der Waals surface area contributed by atoms with Crippen LogP contribution in [0.1, 0.15) is 53.3 Å². The van der Waals surface area contributed by atoms with Crippen LogP contribution in [0.4, 0.5) is 11.4 Å². The number of benzene rings is 4. The van der Waals surface area contributed by atoms with Crippen LogP contribution in [0.15, 0.2) is 112 Å². The number of allylic oxidation sites excluding steroid dienone is 3. The Labute approximate surface area is 281 Å². The van der Waals surface area contributed by atoms with E-state index in [1.165, 1.54) is 61.1 Å². The first-order valence-corrected chi connectivity index (χ1v) is 17.5. The highest BCUT2D eigenvalue weighted by Gasteiger charge is 2.29. The van der Waals surface area contributed by atoms with Gasteiger partial charge in [0.15, 0.2) is 0 Å². The van der Waals surface area contributed by atoms with Gasteiger partial charge in [0.1, 0.15) is 28.3 Å². The molecule has 5 nitrogen and oxygen atoms in total. The molecule has 234 valence electrons. The number of para-hydroxylation sites is 2. The van der Waals surface area contributed by atoms with Gasteiger partial charge < -0.3 is 13.7 Å². The molecule has 9 aromatic rings. The van der Waals surface area contributed by atoms with Crippen molar-refractivity contribution < 1.29 is 8.83 Å². The van der Waals surface area contributed by atoms with Crippen LogP contribution in [0.5, 0.6) is 0 Å². The van der Waals surface area contributed by atoms with Crippen molar-refractivity contribution in [2.24, 2.45) is 0 Å². The fourth-order valence-electron chi connectivity index (χ4n) is 9.17. The number of imidazole rings is 1. The Morgan fingerprint density at radius 2 is 1.39 bits per heavy atom. The highest BCUT2D eigenvalue weighted by Crippen LogP contribution is 2.45. The Morgan fingerprint density at radius 1 is 0.612 bits per heavy atom. The summed E-state index contributed by atoms with van der Waals surface area (Å²) in [6, 6.07) is 30.9. The minimum Gasteiger partial charge on any atom is -0.461 e. The highest BCUT2D eigenvalue weighted by molar-refractivity contribution is 6.22. The summed E-state index contributed by atoms with van der Waals surface area (Å²) < 4.78 is 18.0. The van der Waals surface area contributed by atoms with E-state index in [0.29, 0.717) is 0 Å². The van der Waals surface area contributed by atoms with Crippen LogP contribution >= 0.6 is 0 Å². The van der Waals surface area contributed by atoms with Gasteiger partial charge in [-0.25, -0.2) is 0 Å². The smallest absolute Gasteiger partial charge is 0.137 e. The lowest BCUT2D eigenvalue weighted by Crippen LogP contribution is -2.19. The predicted molar refractivity (Wildman–Crippen MR) is 200 cm³/mol. The first-order valence-electron chi connectivity index (χ1n) is 17.5. The molecule has 0 aliphatic heterocycles. The second kappa shape index (κ2) is 9.36. The Kier molecular flexibility index (Phi) is 4.98. The Hall–Kier alpha value is -5.94. The van der Waals surface area contributed by atoms with E-state index in [1.807, 2.05) is 6.07 Å². The topological polar surface area (TPSA) is 38.3 Å². The summed E-state index contributed by atoms with van der Waals surface area (Å²) in [5.41, 5.74) is 14.4. The summed E-state index contributed by atoms with van der Waals surface area (Å²) in [4.78, 5) is 2.43. The Morgan fingerprint density at radius 3 is 2.35 bits per heavy atom. The number of aromatic nitrogens is 2. The largest absolute Gasteiger partial charge is 0.461 e.